The van der Waals surface area contributed by atoms with E-state index in [1.165, 1.54) is 11.8 Å². The molecule has 0 aliphatic carbocycles. The van der Waals surface area contributed by atoms with Crippen molar-refractivity contribution in [2.75, 3.05) is 57.3 Å². The average molecular weight is 1320 g/mol. The molecule has 31 heteroatoms. The van der Waals surface area contributed by atoms with E-state index in [1.54, 1.807) is 70.3 Å². The van der Waals surface area contributed by atoms with Gasteiger partial charge >= 0.3 is 0 Å². The van der Waals surface area contributed by atoms with Crippen LogP contribution in [0.4, 0.5) is 5.69 Å². The maximum atomic E-state index is 14.8. The normalized spacial score (nSPS) is 23.4. The first-order valence-electron chi connectivity index (χ1n) is 30.9. The maximum absolute atomic E-state index is 14.8. The largest absolute Gasteiger partial charge is 0.489 e. The van der Waals surface area contributed by atoms with Crippen molar-refractivity contribution in [2.45, 2.75) is 165 Å². The number of hydrogen-bond acceptors (Lipinski definition) is 18. The highest BCUT2D eigenvalue weighted by Gasteiger charge is 2.45. The zero-order valence-electron chi connectivity index (χ0n) is 53.8. The first kappa shape index (κ1) is 73.4. The van der Waals surface area contributed by atoms with Crippen molar-refractivity contribution in [2.24, 2.45) is 23.5 Å². The van der Waals surface area contributed by atoms with E-state index in [0.29, 0.717) is 46.5 Å². The highest BCUT2D eigenvalue weighted by atomic mass is 32.2. The smallest absolute Gasteiger partial charge is 0.251 e. The number of nitrogens with two attached hydrogens (primary N) is 1. The van der Waals surface area contributed by atoms with Gasteiger partial charge in [-0.1, -0.05) is 72.8 Å². The number of thioether (sulfide) groups is 1. The number of aliphatic hydroxyl groups excluding tert-OH is 3. The number of benzene rings is 2. The van der Waals surface area contributed by atoms with Gasteiger partial charge in [0.1, 0.15) is 61.4 Å². The number of carbonyl (C=O) groups excluding carboxylic acids is 11. The number of aromatic nitrogens is 1. The van der Waals surface area contributed by atoms with Crippen LogP contribution in [0.5, 0.6) is 5.75 Å². The molecule has 3 aliphatic heterocycles. The minimum Gasteiger partial charge on any atom is -0.489 e. The molecule has 2 bridgehead atoms. The van der Waals surface area contributed by atoms with Gasteiger partial charge in [-0.05, 0) is 67.2 Å². The Morgan fingerprint density at radius 2 is 1.51 bits per heavy atom. The molecule has 0 saturated carbocycles. The van der Waals surface area contributed by atoms with Gasteiger partial charge in [0.15, 0.2) is 0 Å². The van der Waals surface area contributed by atoms with Crippen LogP contribution in [0, 0.1) is 17.8 Å². The number of H-pyrrole nitrogens is 1. The van der Waals surface area contributed by atoms with E-state index in [1.807, 2.05) is 13.8 Å². The minimum atomic E-state index is -1.79. The lowest BCUT2D eigenvalue weighted by atomic mass is 9.93. The van der Waals surface area contributed by atoms with Gasteiger partial charge in [0.05, 0.1) is 54.9 Å². The fourth-order valence-electron chi connectivity index (χ4n) is 10.7. The molecule has 3 unspecified atom stereocenters. The van der Waals surface area contributed by atoms with Gasteiger partial charge in [-0.3, -0.25) is 57.6 Å². The second kappa shape index (κ2) is 33.2. The third-order valence-corrected chi connectivity index (χ3v) is 19.3. The number of hydrogen-bond donors (Lipinski definition) is 14. The van der Waals surface area contributed by atoms with Gasteiger partial charge in [-0.15, -0.1) is 11.8 Å². The van der Waals surface area contributed by atoms with Crippen molar-refractivity contribution >= 4 is 101 Å². The number of anilines is 1. The third-order valence-electron chi connectivity index (χ3n) is 16.5. The number of nitrogens with zero attached hydrogens (tertiary/aromatic N) is 2. The molecule has 1 aromatic heterocycles. The molecule has 506 valence electrons. The number of carbonyl (C=O) groups is 11. The van der Waals surface area contributed by atoms with Crippen molar-refractivity contribution in [3.05, 3.63) is 53.6 Å². The molecule has 4 heterocycles. The summed E-state index contributed by atoms with van der Waals surface area (Å²) in [5, 5.41) is 56.5. The second-order valence-corrected chi connectivity index (χ2v) is 31.9. The second-order valence-electron chi connectivity index (χ2n) is 25.2. The van der Waals surface area contributed by atoms with Gasteiger partial charge < -0.3 is 88.3 Å². The van der Waals surface area contributed by atoms with Gasteiger partial charge in [-0.25, -0.2) is 0 Å². The molecule has 11 amide bonds. The Morgan fingerprint density at radius 1 is 0.837 bits per heavy atom. The predicted octanol–water partition coefficient (Wildman–Crippen LogP) is -1.67. The Hall–Kier alpha value is -7.68. The van der Waals surface area contributed by atoms with Gasteiger partial charge in [0, 0.05) is 62.9 Å². The van der Waals surface area contributed by atoms with Crippen molar-refractivity contribution in [1.82, 2.24) is 57.7 Å². The Bertz CT molecular complexity index is 3170. The number of amides is 11. The van der Waals surface area contributed by atoms with Gasteiger partial charge in [0.2, 0.25) is 59.1 Å². The first-order chi connectivity index (χ1) is 43.4. The monoisotopic (exact) mass is 1320 g/mol. The Kier molecular flexibility index (Phi) is 26.5. The van der Waals surface area contributed by atoms with Crippen molar-refractivity contribution in [3.63, 3.8) is 0 Å². The summed E-state index contributed by atoms with van der Waals surface area (Å²) in [6.07, 6.45) is -4.20. The molecule has 29 nitrogen and oxygen atoms in total. The molecule has 0 spiro atoms. The van der Waals surface area contributed by atoms with Crippen LogP contribution in [0.2, 0.25) is 25.7 Å². The number of aromatic amines is 1. The average Bonchev–Trinajstić information content (AvgIpc) is 1.64. The Labute approximate surface area is 539 Å². The molecule has 1 saturated heterocycles. The summed E-state index contributed by atoms with van der Waals surface area (Å²) in [7, 11) is 0.202. The summed E-state index contributed by atoms with van der Waals surface area (Å²) in [6.45, 7) is 14.4. The van der Waals surface area contributed by atoms with Crippen molar-refractivity contribution in [3.8, 4) is 5.75 Å². The van der Waals surface area contributed by atoms with Crippen LogP contribution in [0.25, 0.3) is 10.9 Å². The highest BCUT2D eigenvalue weighted by Crippen LogP contribution is 2.34. The molecular weight excluding hydrogens is 1230 g/mol. The molecule has 6 rings (SSSR count). The molecule has 0 radical (unpaired) electrons. The minimum absolute atomic E-state index is 0.0189. The Morgan fingerprint density at radius 3 is 2.14 bits per heavy atom. The van der Waals surface area contributed by atoms with E-state index in [4.69, 9.17) is 15.2 Å². The predicted molar refractivity (Wildman–Crippen MR) is 343 cm³/mol. The van der Waals surface area contributed by atoms with Crippen LogP contribution in [0.3, 0.4) is 0 Å². The summed E-state index contributed by atoms with van der Waals surface area (Å²) in [4.78, 5) is 160. The number of nitrogens with one attached hydrogen (secondary N) is 10. The fraction of sp³-hybridized carbons (Fsp3) is 0.590. The van der Waals surface area contributed by atoms with E-state index < -0.39 is 173 Å². The summed E-state index contributed by atoms with van der Waals surface area (Å²) in [6, 6.07) is 1.90. The summed E-state index contributed by atoms with van der Waals surface area (Å²) < 4.78 is 12.4. The lowest BCUT2D eigenvalue weighted by molar-refractivity contribution is -0.144. The SMILES string of the molecule is CC[C@H](C)[C@@H]1NC(=O)CNC(=O)C2Cc3c([nH]c4cc(OCc5ccc(N(COCC[Si](C)(C)C)C(=O)[C@H](C)NC(=O)[C@@H](NC)C(C)C)cc5)ccc34)SCC(NC(=O)CNC1=O)C(=O)N[C@@H](CC(N)=O)C(=O)N1CC(O)C[C@H]1C(=O)N[C@@H]([C@@H](C)[C@@H](O)CO)C(=O)N2. The molecule has 3 aliphatic rings. The van der Waals surface area contributed by atoms with Crippen LogP contribution in [0.1, 0.15) is 71.9 Å². The number of primary amides is 1. The molecule has 15 N–H and O–H groups in total. The molecular formula is C61H91N13O16SSi. The van der Waals surface area contributed by atoms with E-state index in [2.05, 4.69) is 72.5 Å². The summed E-state index contributed by atoms with van der Waals surface area (Å²) >= 11 is 0.962. The van der Waals surface area contributed by atoms with E-state index in [9.17, 15) is 68.1 Å². The zero-order chi connectivity index (χ0) is 67.9. The zero-order valence-corrected chi connectivity index (χ0v) is 55.6. The van der Waals surface area contributed by atoms with Gasteiger partial charge in [-0.2, -0.15) is 0 Å². The van der Waals surface area contributed by atoms with Crippen molar-refractivity contribution < 1.29 is 77.5 Å². The lowest BCUT2D eigenvalue weighted by Gasteiger charge is -2.32. The summed E-state index contributed by atoms with van der Waals surface area (Å²) in [5.74, 6) is -11.2. The van der Waals surface area contributed by atoms with Gasteiger partial charge in [0.25, 0.3) is 5.91 Å². The van der Waals surface area contributed by atoms with E-state index in [0.717, 1.165) is 22.7 Å². The maximum Gasteiger partial charge on any atom is 0.251 e. The number of fused-ring (bicyclic) bond motifs is 5. The molecule has 2 aromatic carbocycles. The van der Waals surface area contributed by atoms with Crippen LogP contribution in [0.15, 0.2) is 47.5 Å². The lowest BCUT2D eigenvalue weighted by Crippen LogP contribution is -2.62. The third kappa shape index (κ3) is 19.9. The van der Waals surface area contributed by atoms with Crippen LogP contribution >= 0.6 is 11.8 Å². The first-order valence-corrected chi connectivity index (χ1v) is 35.6. The number of rotatable bonds is 21. The standard InChI is InChI=1S/C61H91N13O16SSi/c1-11-32(4)51-56(84)65-24-48(79)67-44-29-91-59-40(39-17-16-38(21-41(39)70-59)90-28-35-12-14-36(15-13-35)74(30-89-18-19-92(8,9)10)60(87)34(6)66-57(85)50(63-7)31(2)3)22-42(53(81)64-25-49(80)71-51)68-58(86)52(33(5)46(77)27-75)72-55(83)45-20-37(76)26-73(45)61(88)43(23-47(62)78)69-54(44)82/h12-17,21,31-34,37,42-46,50-52,63,70,75-77H,11,18-20,22-30H2,1-10H3,(H2,62,78)(H,64,81)(H,65,84)(H,66,85)(H,67,79)(H,68,86)(H,69,82)(H,71,80)(H,72,83)/t32-,33-,34-,37?,42?,43-,44?,45-,46-,50-,51-,52-/m0/s1. The summed E-state index contributed by atoms with van der Waals surface area (Å²) in [5.41, 5.74) is 7.56. The Balaban J connectivity index is 1.42. The molecule has 1 fully saturated rings. The van der Waals surface area contributed by atoms with E-state index >= 15 is 0 Å². The number of likely N-dealkylation sites (N-methyl/N-ethyl adjacent to an activating group) is 1. The fourth-order valence-corrected chi connectivity index (χ4v) is 12.6. The van der Waals surface area contributed by atoms with Crippen LogP contribution in [-0.4, -0.2) is 211 Å². The highest BCUT2D eigenvalue weighted by molar-refractivity contribution is 7.99. The molecule has 92 heavy (non-hydrogen) atoms. The van der Waals surface area contributed by atoms with E-state index in [-0.39, 0.29) is 48.3 Å². The number of ether oxygens (including phenoxy) is 2. The topological polar surface area (TPSA) is 423 Å². The van der Waals surface area contributed by atoms with Crippen LogP contribution in [-0.2, 0) is 70.5 Å². The van der Waals surface area contributed by atoms with Crippen molar-refractivity contribution in [1.29, 1.82) is 0 Å². The molecule has 3 aromatic rings. The molecule has 12 atom stereocenters. The quantitative estimate of drug-likeness (QED) is 0.0322. The van der Waals surface area contributed by atoms with Crippen LogP contribution < -0.4 is 63.2 Å². The number of aliphatic hydroxyl groups is 3.